The van der Waals surface area contributed by atoms with Crippen LogP contribution in [0.4, 0.5) is 5.82 Å². The average molecular weight is 404 g/mol. The molecule has 2 aliphatic rings. The summed E-state index contributed by atoms with van der Waals surface area (Å²) < 4.78 is 38.4. The zero-order valence-corrected chi connectivity index (χ0v) is 16.4. The lowest BCUT2D eigenvalue weighted by Gasteiger charge is -2.29. The quantitative estimate of drug-likeness (QED) is 0.717. The lowest BCUT2D eigenvalue weighted by molar-refractivity contribution is 0.121. The Kier molecular flexibility index (Phi) is 5.74. The fraction of sp³-hybridized carbons (Fsp3) is 0.474. The Morgan fingerprint density at radius 1 is 1.07 bits per heavy atom. The summed E-state index contributed by atoms with van der Waals surface area (Å²) in [6, 6.07) is 9.23. The van der Waals surface area contributed by atoms with Gasteiger partial charge in [-0.25, -0.2) is 18.4 Å². The van der Waals surface area contributed by atoms with Crippen LogP contribution >= 0.6 is 0 Å². The predicted molar refractivity (Wildman–Crippen MR) is 105 cm³/mol. The van der Waals surface area contributed by atoms with E-state index in [0.29, 0.717) is 44.4 Å². The van der Waals surface area contributed by atoms with Gasteiger partial charge in [0.25, 0.3) is 5.88 Å². The molecule has 2 aromatic rings. The molecule has 1 aromatic carbocycles. The van der Waals surface area contributed by atoms with Gasteiger partial charge in [0.15, 0.2) is 5.82 Å². The average Bonchev–Trinajstić information content (AvgIpc) is 3.19. The van der Waals surface area contributed by atoms with E-state index in [9.17, 15) is 8.42 Å². The summed E-state index contributed by atoms with van der Waals surface area (Å²) >= 11 is 0. The standard InChI is InChI=1S/C19H24N4O4S/c24-28(25,15-16-4-2-1-3-5-16)23-9-6-17(14-23)27-19-18(20-7-8-21-19)22-10-12-26-13-11-22/h1-5,7-8,17H,6,9-15H2. The van der Waals surface area contributed by atoms with Crippen LogP contribution in [0, 0.1) is 0 Å². The molecule has 150 valence electrons. The molecular weight excluding hydrogens is 380 g/mol. The van der Waals surface area contributed by atoms with Crippen molar-refractivity contribution in [2.75, 3.05) is 44.3 Å². The molecule has 1 unspecified atom stereocenters. The second kappa shape index (κ2) is 8.42. The van der Waals surface area contributed by atoms with Gasteiger partial charge < -0.3 is 14.4 Å². The molecule has 1 atom stereocenters. The van der Waals surface area contributed by atoms with E-state index in [4.69, 9.17) is 9.47 Å². The van der Waals surface area contributed by atoms with Gasteiger partial charge in [-0.15, -0.1) is 0 Å². The Balaban J connectivity index is 1.41. The zero-order chi connectivity index (χ0) is 19.4. The van der Waals surface area contributed by atoms with Crippen molar-refractivity contribution in [2.45, 2.75) is 18.3 Å². The summed E-state index contributed by atoms with van der Waals surface area (Å²) in [7, 11) is -3.38. The predicted octanol–water partition coefficient (Wildman–Crippen LogP) is 1.30. The summed E-state index contributed by atoms with van der Waals surface area (Å²) in [5.74, 6) is 1.15. The van der Waals surface area contributed by atoms with Gasteiger partial charge in [0.2, 0.25) is 10.0 Å². The van der Waals surface area contributed by atoms with E-state index in [1.54, 1.807) is 12.4 Å². The molecule has 0 bridgehead atoms. The molecule has 3 heterocycles. The normalized spacial score (nSPS) is 21.0. The summed E-state index contributed by atoms with van der Waals surface area (Å²) in [6.07, 6.45) is 3.64. The topological polar surface area (TPSA) is 84.9 Å². The monoisotopic (exact) mass is 404 g/mol. The first-order chi connectivity index (χ1) is 13.6. The number of sulfonamides is 1. The largest absolute Gasteiger partial charge is 0.470 e. The first-order valence-corrected chi connectivity index (χ1v) is 11.0. The van der Waals surface area contributed by atoms with Gasteiger partial charge in [0.1, 0.15) is 6.10 Å². The molecule has 9 heteroatoms. The van der Waals surface area contributed by atoms with E-state index >= 15 is 0 Å². The highest BCUT2D eigenvalue weighted by Gasteiger charge is 2.33. The van der Waals surface area contributed by atoms with Crippen LogP contribution < -0.4 is 9.64 Å². The molecule has 2 saturated heterocycles. The smallest absolute Gasteiger partial charge is 0.257 e. The molecular formula is C19H24N4O4S. The fourth-order valence-corrected chi connectivity index (χ4v) is 5.05. The molecule has 28 heavy (non-hydrogen) atoms. The summed E-state index contributed by atoms with van der Waals surface area (Å²) in [6.45, 7) is 3.53. The second-order valence-corrected chi connectivity index (χ2v) is 8.88. The maximum Gasteiger partial charge on any atom is 0.257 e. The molecule has 0 spiro atoms. The number of rotatable bonds is 6. The molecule has 0 saturated carbocycles. The van der Waals surface area contributed by atoms with Crippen molar-refractivity contribution in [1.29, 1.82) is 0 Å². The number of hydrogen-bond donors (Lipinski definition) is 0. The highest BCUT2D eigenvalue weighted by atomic mass is 32.2. The number of morpholine rings is 1. The van der Waals surface area contributed by atoms with E-state index in [0.717, 1.165) is 18.7 Å². The van der Waals surface area contributed by atoms with Crippen LogP contribution in [0.25, 0.3) is 0 Å². The first kappa shape index (κ1) is 19.1. The van der Waals surface area contributed by atoms with Crippen molar-refractivity contribution in [3.05, 3.63) is 48.3 Å². The van der Waals surface area contributed by atoms with Crippen LogP contribution in [-0.4, -0.2) is 68.2 Å². The number of anilines is 1. The van der Waals surface area contributed by atoms with Gasteiger partial charge in [-0.05, 0) is 12.0 Å². The van der Waals surface area contributed by atoms with Gasteiger partial charge in [0.05, 0.1) is 25.5 Å². The molecule has 2 aliphatic heterocycles. The summed E-state index contributed by atoms with van der Waals surface area (Å²) in [5, 5.41) is 0. The Morgan fingerprint density at radius 2 is 1.82 bits per heavy atom. The van der Waals surface area contributed by atoms with E-state index in [-0.39, 0.29) is 11.9 Å². The molecule has 4 rings (SSSR count). The highest BCUT2D eigenvalue weighted by molar-refractivity contribution is 7.88. The number of hydrogen-bond acceptors (Lipinski definition) is 7. The molecule has 0 aliphatic carbocycles. The Labute approximate surface area is 165 Å². The van der Waals surface area contributed by atoms with Crippen LogP contribution in [-0.2, 0) is 20.5 Å². The highest BCUT2D eigenvalue weighted by Crippen LogP contribution is 2.27. The van der Waals surface area contributed by atoms with Gasteiger partial charge in [-0.3, -0.25) is 0 Å². The minimum absolute atomic E-state index is 0.00469. The molecule has 0 radical (unpaired) electrons. The van der Waals surface area contributed by atoms with E-state index in [2.05, 4.69) is 14.9 Å². The van der Waals surface area contributed by atoms with E-state index in [1.165, 1.54) is 4.31 Å². The number of aromatic nitrogens is 2. The first-order valence-electron chi connectivity index (χ1n) is 9.44. The lowest BCUT2D eigenvalue weighted by atomic mass is 10.2. The van der Waals surface area contributed by atoms with Crippen LogP contribution in [0.15, 0.2) is 42.7 Å². The fourth-order valence-electron chi connectivity index (χ4n) is 3.47. The molecule has 0 amide bonds. The van der Waals surface area contributed by atoms with Crippen molar-refractivity contribution >= 4 is 15.8 Å². The molecule has 2 fully saturated rings. The Morgan fingerprint density at radius 3 is 2.61 bits per heavy atom. The molecule has 8 nitrogen and oxygen atoms in total. The van der Waals surface area contributed by atoms with Crippen LogP contribution in [0.2, 0.25) is 0 Å². The summed E-state index contributed by atoms with van der Waals surface area (Å²) in [4.78, 5) is 10.8. The van der Waals surface area contributed by atoms with Crippen molar-refractivity contribution in [3.63, 3.8) is 0 Å². The van der Waals surface area contributed by atoms with E-state index in [1.807, 2.05) is 30.3 Å². The molecule has 0 N–H and O–H groups in total. The van der Waals surface area contributed by atoms with Gasteiger partial charge in [-0.1, -0.05) is 30.3 Å². The summed E-state index contributed by atoms with van der Waals surface area (Å²) in [5.41, 5.74) is 0.787. The SMILES string of the molecule is O=S(=O)(Cc1ccccc1)N1CCC(Oc2nccnc2N2CCOCC2)C1. The second-order valence-electron chi connectivity index (χ2n) is 6.91. The van der Waals surface area contributed by atoms with E-state index < -0.39 is 10.0 Å². The minimum atomic E-state index is -3.38. The number of benzene rings is 1. The minimum Gasteiger partial charge on any atom is -0.470 e. The van der Waals surface area contributed by atoms with Gasteiger partial charge in [-0.2, -0.15) is 4.31 Å². The maximum absolute atomic E-state index is 12.7. The Hall–Kier alpha value is -2.23. The third-order valence-corrected chi connectivity index (χ3v) is 6.75. The number of nitrogens with zero attached hydrogens (tertiary/aromatic N) is 4. The number of ether oxygens (including phenoxy) is 2. The van der Waals surface area contributed by atoms with Crippen molar-refractivity contribution in [2.24, 2.45) is 0 Å². The third kappa shape index (κ3) is 4.43. The van der Waals surface area contributed by atoms with Gasteiger partial charge in [0, 0.05) is 32.0 Å². The van der Waals surface area contributed by atoms with Crippen molar-refractivity contribution in [3.8, 4) is 5.88 Å². The third-order valence-electron chi connectivity index (χ3n) is 4.93. The maximum atomic E-state index is 12.7. The van der Waals surface area contributed by atoms with Crippen LogP contribution in [0.1, 0.15) is 12.0 Å². The lowest BCUT2D eigenvalue weighted by Crippen LogP contribution is -2.37. The van der Waals surface area contributed by atoms with Gasteiger partial charge >= 0.3 is 0 Å². The van der Waals surface area contributed by atoms with Crippen molar-refractivity contribution < 1.29 is 17.9 Å². The Bertz CT molecular complexity index is 888. The van der Waals surface area contributed by atoms with Crippen LogP contribution in [0.5, 0.6) is 5.88 Å². The molecule has 1 aromatic heterocycles. The van der Waals surface area contributed by atoms with Crippen molar-refractivity contribution in [1.82, 2.24) is 14.3 Å². The van der Waals surface area contributed by atoms with Crippen LogP contribution in [0.3, 0.4) is 0 Å². The zero-order valence-electron chi connectivity index (χ0n) is 15.6.